The minimum atomic E-state index is 0.143. The van der Waals surface area contributed by atoms with Gasteiger partial charge in [-0.3, -0.25) is 0 Å². The summed E-state index contributed by atoms with van der Waals surface area (Å²) < 4.78 is 0. The van der Waals surface area contributed by atoms with E-state index in [-0.39, 0.29) is 6.03 Å². The first kappa shape index (κ1) is 13.7. The van der Waals surface area contributed by atoms with E-state index in [4.69, 9.17) is 0 Å². The van der Waals surface area contributed by atoms with Crippen LogP contribution in [0.25, 0.3) is 0 Å². The van der Waals surface area contributed by atoms with Crippen LogP contribution >= 0.6 is 0 Å². The van der Waals surface area contributed by atoms with Gasteiger partial charge in [0.05, 0.1) is 0 Å². The van der Waals surface area contributed by atoms with Crippen molar-refractivity contribution < 1.29 is 4.79 Å². The molecule has 1 aliphatic carbocycles. The maximum Gasteiger partial charge on any atom is 0.317 e. The Hall–Kier alpha value is -0.770. The molecule has 1 atom stereocenters. The Morgan fingerprint density at radius 3 is 2.78 bits per heavy atom. The Balaban J connectivity index is 1.76. The van der Waals surface area contributed by atoms with Gasteiger partial charge in [0.1, 0.15) is 0 Å². The second-order valence-electron chi connectivity index (χ2n) is 5.73. The van der Waals surface area contributed by atoms with E-state index in [1.54, 1.807) is 0 Å². The molecule has 1 aliphatic heterocycles. The minimum absolute atomic E-state index is 0.143. The van der Waals surface area contributed by atoms with Gasteiger partial charge in [0.25, 0.3) is 0 Å². The van der Waals surface area contributed by atoms with Crippen molar-refractivity contribution in [2.45, 2.75) is 51.5 Å². The molecule has 1 unspecified atom stereocenters. The van der Waals surface area contributed by atoms with E-state index < -0.39 is 0 Å². The van der Waals surface area contributed by atoms with Crippen molar-refractivity contribution in [1.82, 2.24) is 15.5 Å². The summed E-state index contributed by atoms with van der Waals surface area (Å²) in [5.74, 6) is 0.767. The standard InChI is InChI=1S/C14H27N3O/c1-2-3-8-16-14(18)17(10-12-6-7-12)11-13-5-4-9-15-13/h12-13,15H,2-11H2,1H3,(H,16,18). The molecular weight excluding hydrogens is 226 g/mol. The first-order valence-corrected chi connectivity index (χ1v) is 7.55. The van der Waals surface area contributed by atoms with Crippen molar-refractivity contribution in [2.75, 3.05) is 26.2 Å². The topological polar surface area (TPSA) is 44.4 Å². The van der Waals surface area contributed by atoms with Gasteiger partial charge in [-0.2, -0.15) is 0 Å². The lowest BCUT2D eigenvalue weighted by molar-refractivity contribution is 0.189. The molecule has 0 radical (unpaired) electrons. The van der Waals surface area contributed by atoms with E-state index in [0.717, 1.165) is 44.9 Å². The summed E-state index contributed by atoms with van der Waals surface area (Å²) in [7, 11) is 0. The fourth-order valence-electron chi connectivity index (χ4n) is 2.51. The number of rotatable bonds is 7. The number of carbonyl (C=O) groups excluding carboxylic acids is 1. The van der Waals surface area contributed by atoms with Crippen LogP contribution in [0.4, 0.5) is 4.79 Å². The smallest absolute Gasteiger partial charge is 0.317 e. The molecule has 1 saturated heterocycles. The second-order valence-corrected chi connectivity index (χ2v) is 5.73. The van der Waals surface area contributed by atoms with Crippen LogP contribution in [0.15, 0.2) is 0 Å². The molecule has 0 spiro atoms. The summed E-state index contributed by atoms with van der Waals surface area (Å²) in [5.41, 5.74) is 0. The van der Waals surface area contributed by atoms with Crippen molar-refractivity contribution >= 4 is 6.03 Å². The first-order chi connectivity index (χ1) is 8.79. The molecule has 4 nitrogen and oxygen atoms in total. The fourth-order valence-corrected chi connectivity index (χ4v) is 2.51. The number of hydrogen-bond donors (Lipinski definition) is 2. The van der Waals surface area contributed by atoms with Crippen molar-refractivity contribution in [3.63, 3.8) is 0 Å². The Bertz CT molecular complexity index is 260. The van der Waals surface area contributed by atoms with Crippen molar-refractivity contribution in [3.8, 4) is 0 Å². The zero-order chi connectivity index (χ0) is 12.8. The highest BCUT2D eigenvalue weighted by Crippen LogP contribution is 2.30. The summed E-state index contributed by atoms with van der Waals surface area (Å²) in [4.78, 5) is 14.2. The van der Waals surface area contributed by atoms with Crippen LogP contribution in [0.3, 0.4) is 0 Å². The van der Waals surface area contributed by atoms with E-state index >= 15 is 0 Å². The van der Waals surface area contributed by atoms with Gasteiger partial charge < -0.3 is 15.5 Å². The number of urea groups is 1. The van der Waals surface area contributed by atoms with Crippen LogP contribution in [0.2, 0.25) is 0 Å². The van der Waals surface area contributed by atoms with Crippen LogP contribution < -0.4 is 10.6 Å². The zero-order valence-corrected chi connectivity index (χ0v) is 11.6. The molecule has 2 N–H and O–H groups in total. The third-order valence-corrected chi connectivity index (χ3v) is 3.87. The Kier molecular flexibility index (Phi) is 5.29. The molecule has 4 heteroatoms. The predicted octanol–water partition coefficient (Wildman–Crippen LogP) is 1.96. The fraction of sp³-hybridized carbons (Fsp3) is 0.929. The van der Waals surface area contributed by atoms with Crippen LogP contribution in [-0.4, -0.2) is 43.2 Å². The Morgan fingerprint density at radius 2 is 2.17 bits per heavy atom. The van der Waals surface area contributed by atoms with Crippen molar-refractivity contribution in [3.05, 3.63) is 0 Å². The molecular formula is C14H27N3O. The van der Waals surface area contributed by atoms with E-state index in [0.29, 0.717) is 6.04 Å². The van der Waals surface area contributed by atoms with Crippen molar-refractivity contribution in [1.29, 1.82) is 0 Å². The lowest BCUT2D eigenvalue weighted by Gasteiger charge is -2.26. The molecule has 0 bridgehead atoms. The molecule has 2 fully saturated rings. The molecule has 0 aromatic rings. The highest BCUT2D eigenvalue weighted by Gasteiger charge is 2.28. The number of nitrogens with one attached hydrogen (secondary N) is 2. The Morgan fingerprint density at radius 1 is 1.33 bits per heavy atom. The normalized spacial score (nSPS) is 23.1. The van der Waals surface area contributed by atoms with Gasteiger partial charge in [-0.25, -0.2) is 4.79 Å². The SMILES string of the molecule is CCCCNC(=O)N(CC1CC1)CC1CCCN1. The molecule has 2 rings (SSSR count). The summed E-state index contributed by atoms with van der Waals surface area (Å²) in [6, 6.07) is 0.657. The first-order valence-electron chi connectivity index (χ1n) is 7.55. The average molecular weight is 253 g/mol. The van der Waals surface area contributed by atoms with Gasteiger partial charge in [0, 0.05) is 25.7 Å². The van der Waals surface area contributed by atoms with Crippen LogP contribution in [-0.2, 0) is 0 Å². The average Bonchev–Trinajstić information content (AvgIpc) is 3.03. The van der Waals surface area contributed by atoms with Crippen molar-refractivity contribution in [2.24, 2.45) is 5.92 Å². The van der Waals surface area contributed by atoms with Gasteiger partial charge in [-0.1, -0.05) is 13.3 Å². The minimum Gasteiger partial charge on any atom is -0.338 e. The summed E-state index contributed by atoms with van der Waals surface area (Å²) in [5, 5.41) is 6.53. The van der Waals surface area contributed by atoms with Crippen LogP contribution in [0, 0.1) is 5.92 Å². The van der Waals surface area contributed by atoms with Gasteiger partial charge in [0.15, 0.2) is 0 Å². The number of nitrogens with zero attached hydrogens (tertiary/aromatic N) is 1. The van der Waals surface area contributed by atoms with E-state index in [1.807, 2.05) is 4.90 Å². The van der Waals surface area contributed by atoms with Gasteiger partial charge in [-0.15, -0.1) is 0 Å². The van der Waals surface area contributed by atoms with Crippen LogP contribution in [0.5, 0.6) is 0 Å². The molecule has 1 saturated carbocycles. The summed E-state index contributed by atoms with van der Waals surface area (Å²) >= 11 is 0. The molecule has 1 heterocycles. The molecule has 0 aromatic heterocycles. The number of unbranched alkanes of at least 4 members (excludes halogenated alkanes) is 1. The highest BCUT2D eigenvalue weighted by molar-refractivity contribution is 5.74. The molecule has 18 heavy (non-hydrogen) atoms. The maximum atomic E-state index is 12.2. The predicted molar refractivity (Wildman–Crippen MR) is 73.6 cm³/mol. The number of amides is 2. The zero-order valence-electron chi connectivity index (χ0n) is 11.6. The van der Waals surface area contributed by atoms with E-state index in [2.05, 4.69) is 17.6 Å². The summed E-state index contributed by atoms with van der Waals surface area (Å²) in [6.45, 7) is 5.91. The molecule has 104 valence electrons. The van der Waals surface area contributed by atoms with Crippen LogP contribution in [0.1, 0.15) is 45.4 Å². The number of hydrogen-bond acceptors (Lipinski definition) is 2. The third-order valence-electron chi connectivity index (χ3n) is 3.87. The van der Waals surface area contributed by atoms with E-state index in [1.165, 1.54) is 25.7 Å². The molecule has 0 aromatic carbocycles. The Labute approximate surface area is 110 Å². The lowest BCUT2D eigenvalue weighted by Crippen LogP contribution is -2.47. The summed E-state index contributed by atoms with van der Waals surface area (Å²) in [6.07, 6.45) is 7.27. The maximum absolute atomic E-state index is 12.2. The number of carbonyl (C=O) groups is 1. The largest absolute Gasteiger partial charge is 0.338 e. The van der Waals surface area contributed by atoms with Gasteiger partial charge in [-0.05, 0) is 44.6 Å². The van der Waals surface area contributed by atoms with Gasteiger partial charge in [0.2, 0.25) is 0 Å². The van der Waals surface area contributed by atoms with Gasteiger partial charge >= 0.3 is 6.03 Å². The second kappa shape index (κ2) is 6.98. The quantitative estimate of drug-likeness (QED) is 0.681. The lowest BCUT2D eigenvalue weighted by atomic mass is 10.2. The third kappa shape index (κ3) is 4.48. The molecule has 2 amide bonds. The monoisotopic (exact) mass is 253 g/mol. The molecule has 2 aliphatic rings. The van der Waals surface area contributed by atoms with E-state index in [9.17, 15) is 4.79 Å². The highest BCUT2D eigenvalue weighted by atomic mass is 16.2.